The number of furan rings is 1. The van der Waals surface area contributed by atoms with Gasteiger partial charge in [0.05, 0.1) is 24.4 Å². The molecule has 3 aromatic rings. The third-order valence-corrected chi connectivity index (χ3v) is 6.47. The highest BCUT2D eigenvalue weighted by atomic mass is 32.1. The highest BCUT2D eigenvalue weighted by Crippen LogP contribution is 2.39. The minimum Gasteiger partial charge on any atom is -0.467 e. The molecule has 0 unspecified atom stereocenters. The monoisotopic (exact) mass is 405 g/mol. The molecule has 0 bridgehead atoms. The van der Waals surface area contributed by atoms with Crippen molar-refractivity contribution in [3.05, 3.63) is 76.1 Å². The van der Waals surface area contributed by atoms with Crippen LogP contribution in [0.4, 0.5) is 5.00 Å². The van der Waals surface area contributed by atoms with Gasteiger partial charge in [0.15, 0.2) is 0 Å². The summed E-state index contributed by atoms with van der Waals surface area (Å²) in [5.41, 5.74) is 2.78. The highest BCUT2D eigenvalue weighted by Gasteiger charge is 2.25. The summed E-state index contributed by atoms with van der Waals surface area (Å²) in [4.78, 5) is 13.9. The molecule has 0 aliphatic heterocycles. The number of hydrogen-bond acceptors (Lipinski definition) is 5. The lowest BCUT2D eigenvalue weighted by atomic mass is 9.89. The molecule has 2 heterocycles. The number of thiophene rings is 1. The van der Waals surface area contributed by atoms with Crippen LogP contribution in [0.3, 0.4) is 0 Å². The first-order valence-corrected chi connectivity index (χ1v) is 10.6. The molecular weight excluding hydrogens is 382 g/mol. The number of nitriles is 1. The third kappa shape index (κ3) is 4.26. The average molecular weight is 406 g/mol. The van der Waals surface area contributed by atoms with E-state index < -0.39 is 0 Å². The van der Waals surface area contributed by atoms with Gasteiger partial charge in [0.1, 0.15) is 16.8 Å². The minimum atomic E-state index is -0.218. The summed E-state index contributed by atoms with van der Waals surface area (Å²) in [7, 11) is 0. The zero-order valence-corrected chi connectivity index (χ0v) is 17.1. The first-order valence-electron chi connectivity index (χ1n) is 9.82. The van der Waals surface area contributed by atoms with Crippen molar-refractivity contribution < 1.29 is 9.21 Å². The number of carbonyl (C=O) groups excluding carboxylic acids is 1. The number of nitrogens with one attached hydrogen (secondary N) is 2. The fourth-order valence-corrected chi connectivity index (χ4v) is 5.18. The number of fused-ring (bicyclic) bond motifs is 1. The first kappa shape index (κ1) is 19.4. The summed E-state index contributed by atoms with van der Waals surface area (Å²) in [6.45, 7) is 2.35. The molecule has 1 aromatic carbocycles. The predicted molar refractivity (Wildman–Crippen MR) is 114 cm³/mol. The SMILES string of the molecule is C[C@@H]1CCc2c(sc(NC(=O)CN[C@H](c3ccccc3)c3ccco3)c2C#N)C1. The average Bonchev–Trinajstić information content (AvgIpc) is 3.36. The van der Waals surface area contributed by atoms with Crippen LogP contribution in [0.2, 0.25) is 0 Å². The van der Waals surface area contributed by atoms with E-state index in [0.29, 0.717) is 16.5 Å². The lowest BCUT2D eigenvalue weighted by Crippen LogP contribution is -2.31. The van der Waals surface area contributed by atoms with Gasteiger partial charge in [-0.2, -0.15) is 5.26 Å². The van der Waals surface area contributed by atoms with Crippen LogP contribution in [-0.2, 0) is 17.6 Å². The minimum absolute atomic E-state index is 0.115. The van der Waals surface area contributed by atoms with Crippen molar-refractivity contribution in [3.63, 3.8) is 0 Å². The molecule has 1 aliphatic rings. The Hall–Kier alpha value is -2.88. The Labute approximate surface area is 174 Å². The lowest BCUT2D eigenvalue weighted by Gasteiger charge is -2.17. The van der Waals surface area contributed by atoms with E-state index in [1.54, 1.807) is 17.6 Å². The molecule has 1 amide bonds. The maximum absolute atomic E-state index is 12.7. The molecule has 29 heavy (non-hydrogen) atoms. The van der Waals surface area contributed by atoms with E-state index in [1.165, 1.54) is 4.88 Å². The Kier molecular flexibility index (Phi) is 5.79. The van der Waals surface area contributed by atoms with Gasteiger partial charge in [0.25, 0.3) is 0 Å². The van der Waals surface area contributed by atoms with Crippen molar-refractivity contribution in [2.75, 3.05) is 11.9 Å². The van der Waals surface area contributed by atoms with Crippen LogP contribution >= 0.6 is 11.3 Å². The van der Waals surface area contributed by atoms with E-state index in [9.17, 15) is 10.1 Å². The number of benzene rings is 1. The van der Waals surface area contributed by atoms with Crippen molar-refractivity contribution in [3.8, 4) is 6.07 Å². The highest BCUT2D eigenvalue weighted by molar-refractivity contribution is 7.16. The van der Waals surface area contributed by atoms with Gasteiger partial charge < -0.3 is 9.73 Å². The molecule has 0 spiro atoms. The van der Waals surface area contributed by atoms with Crippen molar-refractivity contribution in [2.45, 2.75) is 32.2 Å². The zero-order valence-electron chi connectivity index (χ0n) is 16.3. The normalized spacial score (nSPS) is 16.6. The van der Waals surface area contributed by atoms with E-state index in [1.807, 2.05) is 42.5 Å². The van der Waals surface area contributed by atoms with Crippen LogP contribution in [-0.4, -0.2) is 12.5 Å². The molecule has 0 fully saturated rings. The van der Waals surface area contributed by atoms with E-state index >= 15 is 0 Å². The molecule has 148 valence electrons. The third-order valence-electron chi connectivity index (χ3n) is 5.30. The van der Waals surface area contributed by atoms with E-state index in [0.717, 1.165) is 36.1 Å². The van der Waals surface area contributed by atoms with Gasteiger partial charge in [-0.1, -0.05) is 37.3 Å². The molecule has 2 atom stereocenters. The van der Waals surface area contributed by atoms with Gasteiger partial charge in [-0.05, 0) is 48.4 Å². The van der Waals surface area contributed by atoms with E-state index in [2.05, 4.69) is 23.6 Å². The van der Waals surface area contributed by atoms with Gasteiger partial charge in [0, 0.05) is 4.88 Å². The summed E-state index contributed by atoms with van der Waals surface area (Å²) in [5.74, 6) is 1.21. The Balaban J connectivity index is 1.47. The smallest absolute Gasteiger partial charge is 0.238 e. The quantitative estimate of drug-likeness (QED) is 0.625. The number of rotatable bonds is 6. The number of anilines is 1. The Morgan fingerprint density at radius 1 is 1.31 bits per heavy atom. The fourth-order valence-electron chi connectivity index (χ4n) is 3.81. The Morgan fingerprint density at radius 2 is 2.14 bits per heavy atom. The molecule has 1 aliphatic carbocycles. The molecule has 2 aromatic heterocycles. The lowest BCUT2D eigenvalue weighted by molar-refractivity contribution is -0.115. The largest absolute Gasteiger partial charge is 0.467 e. The predicted octanol–water partition coefficient (Wildman–Crippen LogP) is 4.66. The molecule has 2 N–H and O–H groups in total. The van der Waals surface area contributed by atoms with Gasteiger partial charge in [-0.25, -0.2) is 0 Å². The fraction of sp³-hybridized carbons (Fsp3) is 0.304. The summed E-state index contributed by atoms with van der Waals surface area (Å²) in [6.07, 6.45) is 4.62. The van der Waals surface area contributed by atoms with Crippen LogP contribution in [0.15, 0.2) is 53.1 Å². The maximum Gasteiger partial charge on any atom is 0.238 e. The molecule has 5 nitrogen and oxygen atoms in total. The second kappa shape index (κ2) is 8.64. The van der Waals surface area contributed by atoms with Crippen molar-refractivity contribution in [1.29, 1.82) is 5.26 Å². The standard InChI is InChI=1S/C23H23N3O2S/c1-15-9-10-17-18(13-24)23(29-20(17)12-15)26-21(27)14-25-22(19-8-5-11-28-19)16-6-3-2-4-7-16/h2-8,11,15,22,25H,9-10,12,14H2,1H3,(H,26,27)/t15-,22-/m1/s1. The van der Waals surface area contributed by atoms with Crippen LogP contribution in [0.1, 0.15) is 46.7 Å². The number of hydrogen-bond donors (Lipinski definition) is 2. The molecular formula is C23H23N3O2S. The number of carbonyl (C=O) groups is 1. The molecule has 0 radical (unpaired) electrons. The van der Waals surface area contributed by atoms with Gasteiger partial charge in [0.2, 0.25) is 5.91 Å². The molecule has 0 saturated heterocycles. The van der Waals surface area contributed by atoms with E-state index in [4.69, 9.17) is 4.42 Å². The van der Waals surface area contributed by atoms with Crippen molar-refractivity contribution in [1.82, 2.24) is 5.32 Å². The van der Waals surface area contributed by atoms with Crippen LogP contribution < -0.4 is 10.6 Å². The zero-order chi connectivity index (χ0) is 20.2. The van der Waals surface area contributed by atoms with E-state index in [-0.39, 0.29) is 18.5 Å². The first-order chi connectivity index (χ1) is 14.2. The number of nitrogens with zero attached hydrogens (tertiary/aromatic N) is 1. The summed E-state index contributed by atoms with van der Waals surface area (Å²) in [6, 6.07) is 15.7. The topological polar surface area (TPSA) is 78.1 Å². The van der Waals surface area contributed by atoms with Crippen LogP contribution in [0.5, 0.6) is 0 Å². The van der Waals surface area contributed by atoms with Gasteiger partial charge in [-0.15, -0.1) is 11.3 Å². The molecule has 4 rings (SSSR count). The number of amides is 1. The second-order valence-corrected chi connectivity index (χ2v) is 8.56. The summed E-state index contributed by atoms with van der Waals surface area (Å²) >= 11 is 1.55. The summed E-state index contributed by atoms with van der Waals surface area (Å²) in [5, 5.41) is 16.5. The second-order valence-electron chi connectivity index (χ2n) is 7.46. The van der Waals surface area contributed by atoms with Crippen LogP contribution in [0.25, 0.3) is 0 Å². The van der Waals surface area contributed by atoms with Crippen LogP contribution in [0, 0.1) is 17.2 Å². The molecule has 6 heteroatoms. The Bertz CT molecular complexity index is 1020. The summed E-state index contributed by atoms with van der Waals surface area (Å²) < 4.78 is 5.57. The van der Waals surface area contributed by atoms with Gasteiger partial charge in [-0.3, -0.25) is 10.1 Å². The Morgan fingerprint density at radius 3 is 2.86 bits per heavy atom. The van der Waals surface area contributed by atoms with Gasteiger partial charge >= 0.3 is 0 Å². The maximum atomic E-state index is 12.7. The molecule has 0 saturated carbocycles. The van der Waals surface area contributed by atoms with Crippen molar-refractivity contribution >= 4 is 22.2 Å². The van der Waals surface area contributed by atoms with Crippen molar-refractivity contribution in [2.24, 2.45) is 5.92 Å².